The van der Waals surface area contributed by atoms with Gasteiger partial charge in [-0.05, 0) is 49.7 Å². The topological polar surface area (TPSA) is 61.4 Å². The molecule has 0 saturated heterocycles. The Balaban J connectivity index is 1.93. The number of nitrogens with one attached hydrogen (secondary N) is 2. The van der Waals surface area contributed by atoms with E-state index >= 15 is 0 Å². The fraction of sp³-hybridized carbons (Fsp3) is 0.417. The average molecular weight is 396 g/mol. The minimum atomic E-state index is -0.622. The Morgan fingerprint density at radius 3 is 2.07 bits per heavy atom. The number of rotatable bonds is 7. The smallest absolute Gasteiger partial charge is 0.251 e. The maximum Gasteiger partial charge on any atom is 0.251 e. The van der Waals surface area contributed by atoms with Gasteiger partial charge in [0.25, 0.3) is 5.91 Å². The summed E-state index contributed by atoms with van der Waals surface area (Å²) in [7, 11) is 3.96. The molecule has 0 spiro atoms. The second-order valence-corrected chi connectivity index (χ2v) is 8.66. The van der Waals surface area contributed by atoms with Gasteiger partial charge in [-0.25, -0.2) is 0 Å². The molecule has 0 aromatic heterocycles. The van der Waals surface area contributed by atoms with Crippen molar-refractivity contribution in [3.8, 4) is 0 Å². The van der Waals surface area contributed by atoms with Crippen molar-refractivity contribution in [2.24, 2.45) is 0 Å². The lowest BCUT2D eigenvalue weighted by Gasteiger charge is -2.26. The molecule has 0 saturated carbocycles. The molecular formula is C24H33N3O2. The van der Waals surface area contributed by atoms with Gasteiger partial charge in [-0.15, -0.1) is 0 Å². The molecule has 2 atom stereocenters. The molecule has 2 aromatic carbocycles. The summed E-state index contributed by atoms with van der Waals surface area (Å²) in [6.45, 7) is 8.56. The van der Waals surface area contributed by atoms with Crippen LogP contribution in [0.1, 0.15) is 55.2 Å². The van der Waals surface area contributed by atoms with Gasteiger partial charge < -0.3 is 15.5 Å². The van der Waals surface area contributed by atoms with Crippen molar-refractivity contribution in [1.29, 1.82) is 0 Å². The summed E-state index contributed by atoms with van der Waals surface area (Å²) in [5.41, 5.74) is 2.88. The highest BCUT2D eigenvalue weighted by atomic mass is 16.2. The number of amides is 2. The van der Waals surface area contributed by atoms with Crippen molar-refractivity contribution in [3.05, 3.63) is 71.3 Å². The average Bonchev–Trinajstić information content (AvgIpc) is 2.67. The lowest BCUT2D eigenvalue weighted by molar-refractivity contribution is -0.122. The van der Waals surface area contributed by atoms with E-state index in [1.807, 2.05) is 56.6 Å². The lowest BCUT2D eigenvalue weighted by atomic mass is 9.86. The first-order valence-corrected chi connectivity index (χ1v) is 10.00. The number of likely N-dealkylation sites (N-methyl/N-ethyl adjacent to an activating group) is 1. The van der Waals surface area contributed by atoms with Crippen LogP contribution >= 0.6 is 0 Å². The van der Waals surface area contributed by atoms with Crippen LogP contribution in [-0.2, 0) is 10.2 Å². The zero-order chi connectivity index (χ0) is 21.6. The number of benzene rings is 2. The molecule has 0 bridgehead atoms. The molecule has 2 aromatic rings. The van der Waals surface area contributed by atoms with Crippen LogP contribution in [0.15, 0.2) is 54.6 Å². The van der Waals surface area contributed by atoms with Gasteiger partial charge in [-0.1, -0.05) is 63.2 Å². The molecule has 29 heavy (non-hydrogen) atoms. The SMILES string of the molecule is C[C@H](NC(=O)c1ccc(C(C)(C)C)cc1)C(=O)NCC(c1ccccc1)N(C)C. The lowest BCUT2D eigenvalue weighted by Crippen LogP contribution is -2.46. The minimum Gasteiger partial charge on any atom is -0.352 e. The number of carbonyl (C=O) groups excluding carboxylic acids is 2. The largest absolute Gasteiger partial charge is 0.352 e. The van der Waals surface area contributed by atoms with Gasteiger partial charge in [0, 0.05) is 12.1 Å². The van der Waals surface area contributed by atoms with Gasteiger partial charge in [0.15, 0.2) is 0 Å². The molecule has 5 nitrogen and oxygen atoms in total. The fourth-order valence-electron chi connectivity index (χ4n) is 3.09. The van der Waals surface area contributed by atoms with E-state index in [1.165, 1.54) is 0 Å². The van der Waals surface area contributed by atoms with Crippen LogP contribution in [0, 0.1) is 0 Å². The highest BCUT2D eigenvalue weighted by molar-refractivity contribution is 5.97. The molecule has 5 heteroatoms. The molecule has 0 radical (unpaired) electrons. The zero-order valence-electron chi connectivity index (χ0n) is 18.3. The third-order valence-electron chi connectivity index (χ3n) is 5.03. The van der Waals surface area contributed by atoms with E-state index in [1.54, 1.807) is 19.1 Å². The Labute approximate surface area is 174 Å². The molecule has 2 rings (SSSR count). The summed E-state index contributed by atoms with van der Waals surface area (Å²) in [5, 5.41) is 5.74. The maximum absolute atomic E-state index is 12.5. The van der Waals surface area contributed by atoms with Gasteiger partial charge in [-0.2, -0.15) is 0 Å². The molecule has 2 amide bonds. The van der Waals surface area contributed by atoms with Crippen LogP contribution in [0.25, 0.3) is 0 Å². The summed E-state index contributed by atoms with van der Waals surface area (Å²) in [6.07, 6.45) is 0. The summed E-state index contributed by atoms with van der Waals surface area (Å²) in [6, 6.07) is 17.0. The number of carbonyl (C=O) groups is 2. The highest BCUT2D eigenvalue weighted by Crippen LogP contribution is 2.22. The van der Waals surface area contributed by atoms with Crippen molar-refractivity contribution < 1.29 is 9.59 Å². The second kappa shape index (κ2) is 9.70. The summed E-state index contributed by atoms with van der Waals surface area (Å²) >= 11 is 0. The zero-order valence-corrected chi connectivity index (χ0v) is 18.3. The first-order valence-electron chi connectivity index (χ1n) is 10.00. The van der Waals surface area contributed by atoms with Gasteiger partial charge in [0.1, 0.15) is 6.04 Å². The summed E-state index contributed by atoms with van der Waals surface area (Å²) in [4.78, 5) is 27.1. The van der Waals surface area contributed by atoms with E-state index in [4.69, 9.17) is 0 Å². The monoisotopic (exact) mass is 395 g/mol. The molecule has 0 aliphatic heterocycles. The molecule has 2 N–H and O–H groups in total. The van der Waals surface area contributed by atoms with Crippen LogP contribution in [0.2, 0.25) is 0 Å². The fourth-order valence-corrected chi connectivity index (χ4v) is 3.09. The normalized spacial score (nSPS) is 13.6. The Morgan fingerprint density at radius 1 is 0.966 bits per heavy atom. The third kappa shape index (κ3) is 6.43. The van der Waals surface area contributed by atoms with E-state index in [0.717, 1.165) is 11.1 Å². The minimum absolute atomic E-state index is 0.0317. The number of nitrogens with zero attached hydrogens (tertiary/aromatic N) is 1. The molecule has 0 fully saturated rings. The number of hydrogen-bond donors (Lipinski definition) is 2. The van der Waals surface area contributed by atoms with Crippen molar-refractivity contribution >= 4 is 11.8 Å². The van der Waals surface area contributed by atoms with Gasteiger partial charge in [-0.3, -0.25) is 9.59 Å². The van der Waals surface area contributed by atoms with Crippen molar-refractivity contribution in [1.82, 2.24) is 15.5 Å². The molecular weight excluding hydrogens is 362 g/mol. The van der Waals surface area contributed by atoms with Crippen molar-refractivity contribution in [2.75, 3.05) is 20.6 Å². The van der Waals surface area contributed by atoms with E-state index in [-0.39, 0.29) is 23.3 Å². The van der Waals surface area contributed by atoms with Crippen molar-refractivity contribution in [2.45, 2.75) is 45.2 Å². The van der Waals surface area contributed by atoms with Gasteiger partial charge >= 0.3 is 0 Å². The second-order valence-electron chi connectivity index (χ2n) is 8.66. The Morgan fingerprint density at radius 2 is 1.55 bits per heavy atom. The quantitative estimate of drug-likeness (QED) is 0.754. The van der Waals surface area contributed by atoms with Crippen LogP contribution in [0.5, 0.6) is 0 Å². The van der Waals surface area contributed by atoms with E-state index in [0.29, 0.717) is 12.1 Å². The Hall–Kier alpha value is -2.66. The predicted octanol–water partition coefficient (Wildman–Crippen LogP) is 3.52. The molecule has 0 aliphatic rings. The summed E-state index contributed by atoms with van der Waals surface area (Å²) < 4.78 is 0. The molecule has 0 heterocycles. The standard InChI is InChI=1S/C24H33N3O2/c1-17(26-23(29)19-12-14-20(15-13-19)24(2,3)4)22(28)25-16-21(27(5)6)18-10-8-7-9-11-18/h7-15,17,21H,16H2,1-6H3,(H,25,28)(H,26,29)/t17-,21?/m0/s1. The van der Waals surface area contributed by atoms with Crippen LogP contribution in [0.4, 0.5) is 0 Å². The molecule has 1 unspecified atom stereocenters. The maximum atomic E-state index is 12.5. The highest BCUT2D eigenvalue weighted by Gasteiger charge is 2.20. The Kier molecular flexibility index (Phi) is 7.57. The predicted molar refractivity (Wildman–Crippen MR) is 118 cm³/mol. The third-order valence-corrected chi connectivity index (χ3v) is 5.03. The van der Waals surface area contributed by atoms with Gasteiger partial charge in [0.2, 0.25) is 5.91 Å². The van der Waals surface area contributed by atoms with E-state index < -0.39 is 6.04 Å². The molecule has 0 aliphatic carbocycles. The van der Waals surface area contributed by atoms with Crippen molar-refractivity contribution in [3.63, 3.8) is 0 Å². The van der Waals surface area contributed by atoms with E-state index in [2.05, 4.69) is 36.3 Å². The van der Waals surface area contributed by atoms with Crippen LogP contribution < -0.4 is 10.6 Å². The number of hydrogen-bond acceptors (Lipinski definition) is 3. The van der Waals surface area contributed by atoms with Crippen LogP contribution in [-0.4, -0.2) is 43.4 Å². The first-order chi connectivity index (χ1) is 13.6. The van der Waals surface area contributed by atoms with Crippen LogP contribution in [0.3, 0.4) is 0 Å². The van der Waals surface area contributed by atoms with E-state index in [9.17, 15) is 9.59 Å². The summed E-state index contributed by atoms with van der Waals surface area (Å²) in [5.74, 6) is -0.451. The Bertz CT molecular complexity index is 808. The molecule has 156 valence electrons. The van der Waals surface area contributed by atoms with Gasteiger partial charge in [0.05, 0.1) is 6.04 Å². The first kappa shape index (κ1) is 22.6.